The predicted octanol–water partition coefficient (Wildman–Crippen LogP) is 2.19. The highest BCUT2D eigenvalue weighted by Gasteiger charge is 2.03. The molecule has 0 saturated heterocycles. The molecule has 0 radical (unpaired) electrons. The second-order valence-corrected chi connectivity index (χ2v) is 5.11. The lowest BCUT2D eigenvalue weighted by Gasteiger charge is -2.11. The van der Waals surface area contributed by atoms with Gasteiger partial charge in [-0.25, -0.2) is 4.98 Å². The van der Waals surface area contributed by atoms with Gasteiger partial charge in [0, 0.05) is 31.7 Å². The smallest absolute Gasteiger partial charge is 0.0962 e. The van der Waals surface area contributed by atoms with Crippen molar-refractivity contribution in [2.24, 2.45) is 0 Å². The zero-order chi connectivity index (χ0) is 11.6. The Kier molecular flexibility index (Phi) is 7.21. The zero-order valence-corrected chi connectivity index (χ0v) is 10.8. The summed E-state index contributed by atoms with van der Waals surface area (Å²) in [6.07, 6.45) is 2.90. The van der Waals surface area contributed by atoms with E-state index in [1.807, 2.05) is 24.4 Å². The number of ether oxygens (including phenoxy) is 1. The minimum Gasteiger partial charge on any atom is -0.385 e. The van der Waals surface area contributed by atoms with Crippen molar-refractivity contribution < 1.29 is 4.74 Å². The summed E-state index contributed by atoms with van der Waals surface area (Å²) in [5.74, 6) is 0. The van der Waals surface area contributed by atoms with Gasteiger partial charge in [-0.1, -0.05) is 13.0 Å². The summed E-state index contributed by atoms with van der Waals surface area (Å²) in [7, 11) is 1.74. The summed E-state index contributed by atoms with van der Waals surface area (Å²) < 4.78 is 4.99. The van der Waals surface area contributed by atoms with Crippen LogP contribution in [0.25, 0.3) is 0 Å². The third-order valence-corrected chi connectivity index (χ3v) is 3.15. The Hall–Kier alpha value is -0.580. The summed E-state index contributed by atoms with van der Waals surface area (Å²) in [6, 6.07) is 6.01. The Morgan fingerprint density at radius 2 is 2.38 bits per heavy atom. The van der Waals surface area contributed by atoms with Gasteiger partial charge in [0.2, 0.25) is 0 Å². The number of nitrogens with zero attached hydrogens (tertiary/aromatic N) is 1. The van der Waals surface area contributed by atoms with Crippen LogP contribution in [0.3, 0.4) is 0 Å². The van der Waals surface area contributed by atoms with Crippen molar-refractivity contribution >= 4 is 11.8 Å². The maximum Gasteiger partial charge on any atom is 0.0962 e. The SMILES string of the molecule is COCCCNCC(C)Sc1ccccn1. The number of aromatic nitrogens is 1. The van der Waals surface area contributed by atoms with Gasteiger partial charge in [0.1, 0.15) is 0 Å². The van der Waals surface area contributed by atoms with E-state index >= 15 is 0 Å². The molecular formula is C12H20N2OS. The van der Waals surface area contributed by atoms with Gasteiger partial charge in [0.05, 0.1) is 5.03 Å². The lowest BCUT2D eigenvalue weighted by Crippen LogP contribution is -2.24. The third kappa shape index (κ3) is 6.10. The molecule has 0 aromatic carbocycles. The molecule has 4 heteroatoms. The van der Waals surface area contributed by atoms with Crippen LogP contribution in [0.1, 0.15) is 13.3 Å². The van der Waals surface area contributed by atoms with Crippen molar-refractivity contribution in [2.75, 3.05) is 26.8 Å². The van der Waals surface area contributed by atoms with Gasteiger partial charge in [0.15, 0.2) is 0 Å². The molecule has 1 atom stereocenters. The number of pyridine rings is 1. The van der Waals surface area contributed by atoms with E-state index in [-0.39, 0.29) is 0 Å². The number of rotatable bonds is 8. The molecule has 1 N–H and O–H groups in total. The number of nitrogens with one attached hydrogen (secondary N) is 1. The monoisotopic (exact) mass is 240 g/mol. The molecule has 16 heavy (non-hydrogen) atoms. The fraction of sp³-hybridized carbons (Fsp3) is 0.583. The summed E-state index contributed by atoms with van der Waals surface area (Å²) in [5.41, 5.74) is 0. The van der Waals surface area contributed by atoms with Crippen LogP contribution < -0.4 is 5.32 Å². The largest absolute Gasteiger partial charge is 0.385 e. The highest BCUT2D eigenvalue weighted by molar-refractivity contribution is 7.99. The van der Waals surface area contributed by atoms with Crippen molar-refractivity contribution in [3.05, 3.63) is 24.4 Å². The van der Waals surface area contributed by atoms with E-state index < -0.39 is 0 Å². The second-order valence-electron chi connectivity index (χ2n) is 3.65. The maximum absolute atomic E-state index is 4.99. The first-order chi connectivity index (χ1) is 7.83. The molecule has 0 fully saturated rings. The third-order valence-electron chi connectivity index (χ3n) is 2.09. The molecule has 0 aliphatic heterocycles. The average molecular weight is 240 g/mol. The summed E-state index contributed by atoms with van der Waals surface area (Å²) in [4.78, 5) is 4.29. The van der Waals surface area contributed by atoms with Crippen molar-refractivity contribution in [3.8, 4) is 0 Å². The summed E-state index contributed by atoms with van der Waals surface area (Å²) in [5, 5.41) is 5.04. The van der Waals surface area contributed by atoms with Crippen LogP contribution in [0.5, 0.6) is 0 Å². The van der Waals surface area contributed by atoms with Crippen LogP contribution in [0.2, 0.25) is 0 Å². The lowest BCUT2D eigenvalue weighted by molar-refractivity contribution is 0.194. The fourth-order valence-corrected chi connectivity index (χ4v) is 2.20. The number of hydrogen-bond donors (Lipinski definition) is 1. The molecule has 0 bridgehead atoms. The van der Waals surface area contributed by atoms with Crippen molar-refractivity contribution in [2.45, 2.75) is 23.6 Å². The molecule has 0 aliphatic rings. The van der Waals surface area contributed by atoms with Crippen LogP contribution >= 0.6 is 11.8 Å². The van der Waals surface area contributed by atoms with Gasteiger partial charge >= 0.3 is 0 Å². The van der Waals surface area contributed by atoms with Gasteiger partial charge in [0.25, 0.3) is 0 Å². The van der Waals surface area contributed by atoms with Crippen molar-refractivity contribution in [1.29, 1.82) is 0 Å². The number of methoxy groups -OCH3 is 1. The molecule has 1 aromatic rings. The lowest BCUT2D eigenvalue weighted by atomic mass is 10.4. The van der Waals surface area contributed by atoms with Crippen molar-refractivity contribution in [3.63, 3.8) is 0 Å². The Morgan fingerprint density at radius 1 is 1.50 bits per heavy atom. The molecule has 1 aromatic heterocycles. The standard InChI is InChI=1S/C12H20N2OS/c1-11(10-13-7-5-9-15-2)16-12-6-3-4-8-14-12/h3-4,6,8,11,13H,5,7,9-10H2,1-2H3. The molecule has 0 aliphatic carbocycles. The molecule has 3 nitrogen and oxygen atoms in total. The van der Waals surface area contributed by atoms with Crippen LogP contribution in [0, 0.1) is 0 Å². The zero-order valence-electron chi connectivity index (χ0n) is 9.98. The van der Waals surface area contributed by atoms with E-state index in [1.54, 1.807) is 18.9 Å². The Labute approximate surface area is 102 Å². The summed E-state index contributed by atoms with van der Waals surface area (Å²) >= 11 is 1.80. The first-order valence-electron chi connectivity index (χ1n) is 5.60. The van der Waals surface area contributed by atoms with Crippen LogP contribution in [0.4, 0.5) is 0 Å². The predicted molar refractivity (Wildman–Crippen MR) is 68.9 cm³/mol. The normalized spacial score (nSPS) is 12.6. The van der Waals surface area contributed by atoms with Gasteiger partial charge in [-0.15, -0.1) is 11.8 Å². The second kappa shape index (κ2) is 8.56. The highest BCUT2D eigenvalue weighted by Crippen LogP contribution is 2.19. The van der Waals surface area contributed by atoms with Crippen molar-refractivity contribution in [1.82, 2.24) is 10.3 Å². The van der Waals surface area contributed by atoms with E-state index in [0.717, 1.165) is 31.1 Å². The van der Waals surface area contributed by atoms with Gasteiger partial charge in [-0.2, -0.15) is 0 Å². The molecule has 1 unspecified atom stereocenters. The van der Waals surface area contributed by atoms with Gasteiger partial charge < -0.3 is 10.1 Å². The van der Waals surface area contributed by atoms with Crippen LogP contribution in [0.15, 0.2) is 29.4 Å². The summed E-state index contributed by atoms with van der Waals surface area (Å²) in [6.45, 7) is 5.06. The van der Waals surface area contributed by atoms with Gasteiger partial charge in [-0.3, -0.25) is 0 Å². The Bertz CT molecular complexity index is 269. The van der Waals surface area contributed by atoms with Gasteiger partial charge in [-0.05, 0) is 25.1 Å². The van der Waals surface area contributed by atoms with Crippen LogP contribution in [-0.2, 0) is 4.74 Å². The van der Waals surface area contributed by atoms with E-state index in [1.165, 1.54) is 0 Å². The Morgan fingerprint density at radius 3 is 3.06 bits per heavy atom. The molecule has 90 valence electrons. The molecule has 1 heterocycles. The minimum absolute atomic E-state index is 0.539. The Balaban J connectivity index is 2.09. The topological polar surface area (TPSA) is 34.1 Å². The molecule has 0 spiro atoms. The first kappa shape index (κ1) is 13.5. The van der Waals surface area contributed by atoms with Crippen LogP contribution in [-0.4, -0.2) is 37.0 Å². The van der Waals surface area contributed by atoms with E-state index in [0.29, 0.717) is 5.25 Å². The maximum atomic E-state index is 4.99. The fourth-order valence-electron chi connectivity index (χ4n) is 1.31. The molecule has 0 amide bonds. The molecule has 0 saturated carbocycles. The first-order valence-corrected chi connectivity index (χ1v) is 6.48. The van der Waals surface area contributed by atoms with E-state index in [2.05, 4.69) is 17.2 Å². The minimum atomic E-state index is 0.539. The molecule has 1 rings (SSSR count). The van der Waals surface area contributed by atoms with E-state index in [4.69, 9.17) is 4.74 Å². The highest BCUT2D eigenvalue weighted by atomic mass is 32.2. The quantitative estimate of drug-likeness (QED) is 0.558. The average Bonchev–Trinajstić information content (AvgIpc) is 2.30. The number of hydrogen-bond acceptors (Lipinski definition) is 4. The number of thioether (sulfide) groups is 1. The van der Waals surface area contributed by atoms with E-state index in [9.17, 15) is 0 Å². The molecular weight excluding hydrogens is 220 g/mol.